The molecule has 5 heteroatoms. The average molecular weight is 218 g/mol. The number of rotatable bonds is 7. The third-order valence-electron chi connectivity index (χ3n) is 2.19. The van der Waals surface area contributed by atoms with Crippen molar-refractivity contribution in [3.8, 4) is 0 Å². The van der Waals surface area contributed by atoms with Crippen LogP contribution in [0.2, 0.25) is 0 Å². The second-order valence-corrected chi connectivity index (χ2v) is 3.71. The van der Waals surface area contributed by atoms with Gasteiger partial charge in [-0.3, -0.25) is 9.69 Å². The summed E-state index contributed by atoms with van der Waals surface area (Å²) in [6.45, 7) is 3.69. The number of carbonyl (C=O) groups excluding carboxylic acids is 1. The van der Waals surface area contributed by atoms with Crippen molar-refractivity contribution < 1.29 is 14.6 Å². The van der Waals surface area contributed by atoms with E-state index in [1.54, 1.807) is 31.0 Å². The van der Waals surface area contributed by atoms with Crippen molar-refractivity contribution in [2.75, 3.05) is 47.4 Å². The van der Waals surface area contributed by atoms with Gasteiger partial charge in [-0.05, 0) is 14.0 Å². The van der Waals surface area contributed by atoms with Gasteiger partial charge in [0.2, 0.25) is 5.91 Å². The molecular formula is C10H22N2O3. The van der Waals surface area contributed by atoms with Crippen LogP contribution >= 0.6 is 0 Å². The normalized spacial score (nSPS) is 12.9. The van der Waals surface area contributed by atoms with Crippen LogP contribution in [0.15, 0.2) is 0 Å². The first-order valence-electron chi connectivity index (χ1n) is 5.10. The summed E-state index contributed by atoms with van der Waals surface area (Å²) in [6.07, 6.45) is -0.542. The van der Waals surface area contributed by atoms with Gasteiger partial charge < -0.3 is 14.7 Å². The lowest BCUT2D eigenvalue weighted by Gasteiger charge is -2.22. The quantitative estimate of drug-likeness (QED) is 0.620. The summed E-state index contributed by atoms with van der Waals surface area (Å²) in [7, 11) is 5.11. The highest BCUT2D eigenvalue weighted by Gasteiger charge is 2.13. The highest BCUT2D eigenvalue weighted by atomic mass is 16.5. The van der Waals surface area contributed by atoms with Crippen LogP contribution in [0.25, 0.3) is 0 Å². The molecule has 0 saturated carbocycles. The van der Waals surface area contributed by atoms with Gasteiger partial charge in [-0.15, -0.1) is 0 Å². The lowest BCUT2D eigenvalue weighted by atomic mass is 10.3. The summed E-state index contributed by atoms with van der Waals surface area (Å²) in [4.78, 5) is 14.9. The molecule has 0 aromatic heterocycles. The first-order valence-corrected chi connectivity index (χ1v) is 5.10. The molecule has 0 aliphatic carbocycles. The van der Waals surface area contributed by atoms with Crippen LogP contribution < -0.4 is 0 Å². The number of amides is 1. The molecule has 1 atom stereocenters. The van der Waals surface area contributed by atoms with Gasteiger partial charge in [0.05, 0.1) is 19.3 Å². The minimum Gasteiger partial charge on any atom is -0.389 e. The molecule has 0 aromatic carbocycles. The van der Waals surface area contributed by atoms with Crippen molar-refractivity contribution in [3.05, 3.63) is 0 Å². The van der Waals surface area contributed by atoms with E-state index in [2.05, 4.69) is 0 Å². The second kappa shape index (κ2) is 7.62. The predicted octanol–water partition coefficient (Wildman–Crippen LogP) is -0.596. The minimum absolute atomic E-state index is 0.0598. The summed E-state index contributed by atoms with van der Waals surface area (Å²) >= 11 is 0. The smallest absolute Gasteiger partial charge is 0.236 e. The van der Waals surface area contributed by atoms with Gasteiger partial charge in [-0.2, -0.15) is 0 Å². The van der Waals surface area contributed by atoms with Crippen LogP contribution in [0, 0.1) is 0 Å². The van der Waals surface area contributed by atoms with Gasteiger partial charge in [0.15, 0.2) is 0 Å². The molecule has 90 valence electrons. The Kier molecular flexibility index (Phi) is 7.29. The molecule has 0 aliphatic rings. The SMILES string of the molecule is CCN(C)C(=O)CN(C)CC(O)COC. The largest absolute Gasteiger partial charge is 0.389 e. The van der Waals surface area contributed by atoms with Gasteiger partial charge >= 0.3 is 0 Å². The summed E-state index contributed by atoms with van der Waals surface area (Å²) in [6, 6.07) is 0. The van der Waals surface area contributed by atoms with Crippen molar-refractivity contribution in [2.24, 2.45) is 0 Å². The molecule has 15 heavy (non-hydrogen) atoms. The Morgan fingerprint density at radius 1 is 1.47 bits per heavy atom. The van der Waals surface area contributed by atoms with Crippen LogP contribution in [0.1, 0.15) is 6.92 Å². The van der Waals surface area contributed by atoms with E-state index < -0.39 is 6.10 Å². The van der Waals surface area contributed by atoms with Crippen molar-refractivity contribution in [3.63, 3.8) is 0 Å². The maximum absolute atomic E-state index is 11.5. The van der Waals surface area contributed by atoms with Crippen molar-refractivity contribution in [1.29, 1.82) is 0 Å². The Bertz CT molecular complexity index is 188. The number of aliphatic hydroxyl groups excluding tert-OH is 1. The highest BCUT2D eigenvalue weighted by molar-refractivity contribution is 5.77. The van der Waals surface area contributed by atoms with Gasteiger partial charge in [-0.1, -0.05) is 0 Å². The van der Waals surface area contributed by atoms with E-state index in [0.717, 1.165) is 0 Å². The van der Waals surface area contributed by atoms with Gasteiger partial charge in [0.25, 0.3) is 0 Å². The van der Waals surface area contributed by atoms with Crippen molar-refractivity contribution >= 4 is 5.91 Å². The summed E-state index contributed by atoms with van der Waals surface area (Å²) in [5.74, 6) is 0.0598. The molecule has 1 amide bonds. The summed E-state index contributed by atoms with van der Waals surface area (Å²) in [5, 5.41) is 9.44. The third kappa shape index (κ3) is 6.43. The molecule has 1 N–H and O–H groups in total. The first kappa shape index (κ1) is 14.3. The Labute approximate surface area is 91.6 Å². The van der Waals surface area contributed by atoms with Crippen LogP contribution in [-0.2, 0) is 9.53 Å². The van der Waals surface area contributed by atoms with Gasteiger partial charge in [-0.25, -0.2) is 0 Å². The zero-order chi connectivity index (χ0) is 11.8. The van der Waals surface area contributed by atoms with Crippen molar-refractivity contribution in [1.82, 2.24) is 9.80 Å². The van der Waals surface area contributed by atoms with E-state index in [-0.39, 0.29) is 5.91 Å². The fraction of sp³-hybridized carbons (Fsp3) is 0.900. The zero-order valence-corrected chi connectivity index (χ0v) is 10.1. The number of likely N-dealkylation sites (N-methyl/N-ethyl adjacent to an activating group) is 2. The van der Waals surface area contributed by atoms with Gasteiger partial charge in [0, 0.05) is 27.2 Å². The van der Waals surface area contributed by atoms with E-state index in [4.69, 9.17) is 4.74 Å². The lowest BCUT2D eigenvalue weighted by molar-refractivity contribution is -0.130. The van der Waals surface area contributed by atoms with Crippen LogP contribution in [0.5, 0.6) is 0 Å². The standard InChI is InChI=1S/C10H22N2O3/c1-5-12(3)10(14)7-11(2)6-9(13)8-15-4/h9,13H,5-8H2,1-4H3. The molecule has 0 aliphatic heterocycles. The van der Waals surface area contributed by atoms with Crippen LogP contribution in [0.3, 0.4) is 0 Å². The molecule has 0 rings (SSSR count). The fourth-order valence-corrected chi connectivity index (χ4v) is 1.20. The monoisotopic (exact) mass is 218 g/mol. The minimum atomic E-state index is -0.542. The summed E-state index contributed by atoms with van der Waals surface area (Å²) < 4.78 is 4.81. The second-order valence-electron chi connectivity index (χ2n) is 3.71. The maximum atomic E-state index is 11.5. The molecule has 0 heterocycles. The zero-order valence-electron chi connectivity index (χ0n) is 10.1. The van der Waals surface area contributed by atoms with Gasteiger partial charge in [0.1, 0.15) is 0 Å². The number of hydrogen-bond donors (Lipinski definition) is 1. The van der Waals surface area contributed by atoms with E-state index in [9.17, 15) is 9.90 Å². The fourth-order valence-electron chi connectivity index (χ4n) is 1.20. The topological polar surface area (TPSA) is 53.0 Å². The number of hydrogen-bond acceptors (Lipinski definition) is 4. The molecule has 0 bridgehead atoms. The molecule has 0 aromatic rings. The maximum Gasteiger partial charge on any atom is 0.236 e. The first-order chi connectivity index (χ1) is 7.01. The number of aliphatic hydroxyl groups is 1. The molecule has 5 nitrogen and oxygen atoms in total. The Morgan fingerprint density at radius 3 is 2.53 bits per heavy atom. The number of ether oxygens (including phenoxy) is 1. The molecule has 0 saturated heterocycles. The molecule has 0 fully saturated rings. The predicted molar refractivity (Wildman–Crippen MR) is 58.7 cm³/mol. The average Bonchev–Trinajstić information content (AvgIpc) is 2.16. The molecule has 1 unspecified atom stereocenters. The Morgan fingerprint density at radius 2 is 2.07 bits per heavy atom. The van der Waals surface area contributed by atoms with E-state index in [0.29, 0.717) is 26.2 Å². The summed E-state index contributed by atoms with van der Waals surface area (Å²) in [5.41, 5.74) is 0. The van der Waals surface area contributed by atoms with Crippen LogP contribution in [-0.4, -0.2) is 74.4 Å². The molecular weight excluding hydrogens is 196 g/mol. The van der Waals surface area contributed by atoms with E-state index in [1.807, 2.05) is 6.92 Å². The highest BCUT2D eigenvalue weighted by Crippen LogP contribution is 1.92. The Hall–Kier alpha value is -0.650. The Balaban J connectivity index is 3.82. The van der Waals surface area contributed by atoms with Crippen molar-refractivity contribution in [2.45, 2.75) is 13.0 Å². The molecule has 0 spiro atoms. The molecule has 0 radical (unpaired) electrons. The van der Waals surface area contributed by atoms with E-state index >= 15 is 0 Å². The third-order valence-corrected chi connectivity index (χ3v) is 2.19. The number of methoxy groups -OCH3 is 1. The lowest BCUT2D eigenvalue weighted by Crippen LogP contribution is -2.40. The number of carbonyl (C=O) groups is 1. The van der Waals surface area contributed by atoms with E-state index in [1.165, 1.54) is 0 Å². The number of nitrogens with zero attached hydrogens (tertiary/aromatic N) is 2. The van der Waals surface area contributed by atoms with Crippen LogP contribution in [0.4, 0.5) is 0 Å².